The lowest BCUT2D eigenvalue weighted by Crippen LogP contribution is -2.44. The van der Waals surface area contributed by atoms with Crippen LogP contribution >= 0.6 is 24.8 Å². The molecule has 1 fully saturated rings. The number of pyridine rings is 1. The number of aromatic nitrogens is 1. The number of furan rings is 1. The summed E-state index contributed by atoms with van der Waals surface area (Å²) in [4.78, 5) is 30.7. The van der Waals surface area contributed by atoms with Gasteiger partial charge in [0.15, 0.2) is 17.4 Å². The fraction of sp³-hybridized carbons (Fsp3) is 0.227. The number of anilines is 2. The zero-order chi connectivity index (χ0) is 20.2. The number of ketones is 1. The first kappa shape index (κ1) is 24.4. The molecule has 0 radical (unpaired) electrons. The van der Waals surface area contributed by atoms with Crippen LogP contribution in [0.5, 0.6) is 0 Å². The molecule has 31 heavy (non-hydrogen) atoms. The molecule has 3 heterocycles. The Hall–Kier alpha value is -2.87. The summed E-state index contributed by atoms with van der Waals surface area (Å²) in [5.41, 5.74) is 2.09. The average Bonchev–Trinajstić information content (AvgIpc) is 3.25. The van der Waals surface area contributed by atoms with Crippen molar-refractivity contribution in [1.29, 1.82) is 0 Å². The van der Waals surface area contributed by atoms with Crippen molar-refractivity contribution in [2.75, 3.05) is 36.4 Å². The summed E-state index contributed by atoms with van der Waals surface area (Å²) in [6.07, 6.45) is 1.72. The highest BCUT2D eigenvalue weighted by Crippen LogP contribution is 2.26. The van der Waals surface area contributed by atoms with Crippen molar-refractivity contribution in [2.24, 2.45) is 0 Å². The van der Waals surface area contributed by atoms with Crippen molar-refractivity contribution in [3.63, 3.8) is 0 Å². The maximum absolute atomic E-state index is 12.7. The highest BCUT2D eigenvalue weighted by molar-refractivity contribution is 6.04. The van der Waals surface area contributed by atoms with Crippen LogP contribution in [-0.4, -0.2) is 42.9 Å². The van der Waals surface area contributed by atoms with Gasteiger partial charge in [-0.25, -0.2) is 4.98 Å². The number of nitrogens with zero attached hydrogens (tertiary/aromatic N) is 2. The van der Waals surface area contributed by atoms with E-state index in [1.807, 2.05) is 6.07 Å². The molecule has 0 unspecified atom stereocenters. The molecule has 4 rings (SSSR count). The molecule has 3 aromatic rings. The first-order valence-corrected chi connectivity index (χ1v) is 9.55. The maximum atomic E-state index is 12.7. The Kier molecular flexibility index (Phi) is 8.62. The quantitative estimate of drug-likeness (QED) is 0.556. The van der Waals surface area contributed by atoms with Gasteiger partial charge in [-0.3, -0.25) is 9.59 Å². The van der Waals surface area contributed by atoms with Gasteiger partial charge in [0.1, 0.15) is 5.76 Å². The molecule has 0 spiro atoms. The molecule has 0 aliphatic carbocycles. The molecule has 0 saturated carbocycles. The number of halogens is 2. The fourth-order valence-electron chi connectivity index (χ4n) is 3.29. The molecule has 0 bridgehead atoms. The Bertz CT molecular complexity index is 1030. The van der Waals surface area contributed by atoms with Crippen LogP contribution in [0.1, 0.15) is 27.8 Å². The molecule has 0 atom stereocenters. The van der Waals surface area contributed by atoms with Crippen LogP contribution in [0, 0.1) is 0 Å². The third-order valence-electron chi connectivity index (χ3n) is 4.86. The van der Waals surface area contributed by atoms with E-state index in [1.165, 1.54) is 6.92 Å². The number of rotatable bonds is 5. The molecule has 1 saturated heterocycles. The van der Waals surface area contributed by atoms with E-state index in [-0.39, 0.29) is 42.3 Å². The van der Waals surface area contributed by atoms with Gasteiger partial charge >= 0.3 is 0 Å². The van der Waals surface area contributed by atoms with Crippen molar-refractivity contribution >= 4 is 48.0 Å². The van der Waals surface area contributed by atoms with Crippen molar-refractivity contribution in [1.82, 2.24) is 10.3 Å². The lowest BCUT2D eigenvalue weighted by molar-refractivity contribution is 0.0994. The number of carbonyl (C=O) groups excluding carboxylic acids is 2. The predicted octanol–water partition coefficient (Wildman–Crippen LogP) is 4.05. The summed E-state index contributed by atoms with van der Waals surface area (Å²) in [6, 6.07) is 14.1. The molecule has 1 amide bonds. The van der Waals surface area contributed by atoms with Gasteiger partial charge in [-0.15, -0.1) is 24.8 Å². The van der Waals surface area contributed by atoms with Crippen LogP contribution < -0.4 is 15.5 Å². The summed E-state index contributed by atoms with van der Waals surface area (Å²) in [7, 11) is 0. The normalized spacial score (nSPS) is 13.0. The van der Waals surface area contributed by atoms with Gasteiger partial charge in [-0.05, 0) is 31.2 Å². The van der Waals surface area contributed by atoms with E-state index in [0.29, 0.717) is 17.0 Å². The Morgan fingerprint density at radius 1 is 1.03 bits per heavy atom. The van der Waals surface area contributed by atoms with E-state index in [0.717, 1.165) is 37.6 Å². The number of benzene rings is 1. The van der Waals surface area contributed by atoms with Crippen LogP contribution in [0.3, 0.4) is 0 Å². The summed E-state index contributed by atoms with van der Waals surface area (Å²) < 4.78 is 5.75. The highest BCUT2D eigenvalue weighted by atomic mass is 35.5. The lowest BCUT2D eigenvalue weighted by Gasteiger charge is -2.29. The SMILES string of the molecule is CC(=O)c1ccc(-c2ccc(C(=O)Nc3cccnc3N3CCNCC3)o2)cc1.Cl.Cl. The van der Waals surface area contributed by atoms with Crippen molar-refractivity contribution in [3.05, 3.63) is 66.1 Å². The van der Waals surface area contributed by atoms with E-state index in [2.05, 4.69) is 20.5 Å². The Morgan fingerprint density at radius 3 is 2.42 bits per heavy atom. The van der Waals surface area contributed by atoms with Gasteiger partial charge < -0.3 is 20.0 Å². The number of amides is 1. The van der Waals surface area contributed by atoms with Gasteiger partial charge in [0.05, 0.1) is 5.69 Å². The number of Topliss-reactive ketones (excluding diaryl/α,β-unsaturated/α-hetero) is 1. The van der Waals surface area contributed by atoms with Crippen LogP contribution in [0.4, 0.5) is 11.5 Å². The first-order chi connectivity index (χ1) is 14.1. The largest absolute Gasteiger partial charge is 0.451 e. The second kappa shape index (κ2) is 10.9. The molecule has 164 valence electrons. The molecule has 1 aliphatic rings. The van der Waals surface area contributed by atoms with Crippen LogP contribution in [0.2, 0.25) is 0 Å². The van der Waals surface area contributed by atoms with Crippen molar-refractivity contribution < 1.29 is 14.0 Å². The van der Waals surface area contributed by atoms with Gasteiger partial charge in [0.2, 0.25) is 0 Å². The lowest BCUT2D eigenvalue weighted by atomic mass is 10.1. The molecule has 2 N–H and O–H groups in total. The number of hydrogen-bond acceptors (Lipinski definition) is 6. The molecule has 9 heteroatoms. The first-order valence-electron chi connectivity index (χ1n) is 9.55. The summed E-state index contributed by atoms with van der Waals surface area (Å²) in [5.74, 6) is 1.22. The van der Waals surface area contributed by atoms with Crippen molar-refractivity contribution in [3.8, 4) is 11.3 Å². The van der Waals surface area contributed by atoms with Crippen LogP contribution in [-0.2, 0) is 0 Å². The summed E-state index contributed by atoms with van der Waals surface area (Å²) in [6.45, 7) is 4.96. The standard InChI is InChI=1S/C22H22N4O3.2ClH/c1-15(27)16-4-6-17(7-5-16)19-8-9-20(29-19)22(28)25-18-3-2-10-24-21(18)26-13-11-23-12-14-26;;/h2-10,23H,11-14H2,1H3,(H,25,28);2*1H. The number of hydrogen-bond donors (Lipinski definition) is 2. The highest BCUT2D eigenvalue weighted by Gasteiger charge is 2.19. The monoisotopic (exact) mass is 462 g/mol. The molecule has 1 aliphatic heterocycles. The maximum Gasteiger partial charge on any atom is 0.291 e. The minimum absolute atomic E-state index is 0. The van der Waals surface area contributed by atoms with Gasteiger partial charge in [-0.2, -0.15) is 0 Å². The third-order valence-corrected chi connectivity index (χ3v) is 4.86. The number of carbonyl (C=O) groups is 2. The Labute approximate surface area is 193 Å². The zero-order valence-corrected chi connectivity index (χ0v) is 18.6. The van der Waals surface area contributed by atoms with Gasteiger partial charge in [0.25, 0.3) is 5.91 Å². The van der Waals surface area contributed by atoms with Gasteiger partial charge in [0, 0.05) is 43.5 Å². The topological polar surface area (TPSA) is 87.5 Å². The zero-order valence-electron chi connectivity index (χ0n) is 17.0. The molecule has 7 nitrogen and oxygen atoms in total. The summed E-state index contributed by atoms with van der Waals surface area (Å²) >= 11 is 0. The van der Waals surface area contributed by atoms with E-state index in [9.17, 15) is 9.59 Å². The second-order valence-corrected chi connectivity index (χ2v) is 6.86. The smallest absolute Gasteiger partial charge is 0.291 e. The average molecular weight is 463 g/mol. The molecule has 2 aromatic heterocycles. The van der Waals surface area contributed by atoms with Crippen molar-refractivity contribution in [2.45, 2.75) is 6.92 Å². The summed E-state index contributed by atoms with van der Waals surface area (Å²) in [5, 5.41) is 6.22. The third kappa shape index (κ3) is 5.64. The van der Waals surface area contributed by atoms with E-state index < -0.39 is 0 Å². The Balaban J connectivity index is 0.00000171. The molecule has 1 aromatic carbocycles. The minimum Gasteiger partial charge on any atom is -0.451 e. The van der Waals surface area contributed by atoms with Crippen LogP contribution in [0.25, 0.3) is 11.3 Å². The van der Waals surface area contributed by atoms with Gasteiger partial charge in [-0.1, -0.05) is 24.3 Å². The number of nitrogens with one attached hydrogen (secondary N) is 2. The minimum atomic E-state index is -0.332. The van der Waals surface area contributed by atoms with Crippen LogP contribution in [0.15, 0.2) is 59.1 Å². The number of piperazine rings is 1. The second-order valence-electron chi connectivity index (χ2n) is 6.86. The van der Waals surface area contributed by atoms with E-state index in [4.69, 9.17) is 4.42 Å². The van der Waals surface area contributed by atoms with E-state index >= 15 is 0 Å². The fourth-order valence-corrected chi connectivity index (χ4v) is 3.29. The molecular weight excluding hydrogens is 439 g/mol. The van der Waals surface area contributed by atoms with E-state index in [1.54, 1.807) is 48.7 Å². The molecular formula is C22H24Cl2N4O3. The Morgan fingerprint density at radius 2 is 1.74 bits per heavy atom. The predicted molar refractivity (Wildman–Crippen MR) is 126 cm³/mol.